The number of fused-ring (bicyclic) bond motifs is 4. The number of primary amides is 1. The second-order valence-electron chi connectivity index (χ2n) is 15.6. The maximum atomic E-state index is 15.4. The van der Waals surface area contributed by atoms with E-state index in [2.05, 4.69) is 16.8 Å². The second kappa shape index (κ2) is 17.3. The van der Waals surface area contributed by atoms with Crippen LogP contribution in [0.15, 0.2) is 42.5 Å². The summed E-state index contributed by atoms with van der Waals surface area (Å²) < 4.78 is 15.5. The molecule has 0 spiro atoms. The molecule has 4 N–H and O–H groups in total. The fourth-order valence-electron chi connectivity index (χ4n) is 8.66. The van der Waals surface area contributed by atoms with Gasteiger partial charge in [0.15, 0.2) is 0 Å². The van der Waals surface area contributed by atoms with Gasteiger partial charge in [0.25, 0.3) is 5.91 Å². The number of amides is 2. The molecule has 15 heteroatoms. The van der Waals surface area contributed by atoms with Crippen LogP contribution in [0.25, 0.3) is 32.9 Å². The van der Waals surface area contributed by atoms with Gasteiger partial charge in [-0.2, -0.15) is 0 Å². The number of carbonyl (C=O) groups is 3. The lowest BCUT2D eigenvalue weighted by atomic mass is 9.97. The molecule has 0 unspecified atom stereocenters. The highest BCUT2D eigenvalue weighted by Gasteiger charge is 2.38. The molecule has 4 heterocycles. The van der Waals surface area contributed by atoms with Crippen LogP contribution in [0.3, 0.4) is 0 Å². The molecule has 2 amide bonds. The van der Waals surface area contributed by atoms with E-state index in [0.717, 1.165) is 55.4 Å². The lowest BCUT2D eigenvalue weighted by molar-refractivity contribution is -0.117. The normalized spacial score (nSPS) is 14.1. The number of nitrogens with zero attached hydrogens (tertiary/aromatic N) is 5. The predicted octanol–water partition coefficient (Wildman–Crippen LogP) is 8.05. The number of aromatic carboxylic acids is 1. The molecular weight excluding hydrogens is 805 g/mol. The minimum absolute atomic E-state index is 0.00581. The van der Waals surface area contributed by atoms with Crippen LogP contribution in [0.1, 0.15) is 79.8 Å². The number of aromatic nitrogens is 4. The highest BCUT2D eigenvalue weighted by Crippen LogP contribution is 2.45. The highest BCUT2D eigenvalue weighted by molar-refractivity contribution is 6.35. The SMILES string of the molecule is COCCn1c(C(=O)O)cc2cc(C)cc(N3C[C@@H](C)n4c(c(CCCOc5cc(C)c(Cl)c(C)c5)c5ccc(Cl)c(-c6c(C)nc(CNCC(N)=O)nc6C)c54)C3=O)c21. The van der Waals surface area contributed by atoms with Gasteiger partial charge in [-0.3, -0.25) is 9.59 Å². The van der Waals surface area contributed by atoms with Gasteiger partial charge in [-0.25, -0.2) is 14.8 Å². The Bertz CT molecular complexity index is 2660. The summed E-state index contributed by atoms with van der Waals surface area (Å²) in [6.07, 6.45) is 1.10. The predicted molar refractivity (Wildman–Crippen MR) is 235 cm³/mol. The number of methoxy groups -OCH3 is 1. The topological polar surface area (TPSA) is 167 Å². The molecule has 0 radical (unpaired) electrons. The third-order valence-corrected chi connectivity index (χ3v) is 12.0. The lowest BCUT2D eigenvalue weighted by Crippen LogP contribution is -2.43. The van der Waals surface area contributed by atoms with E-state index in [1.807, 2.05) is 71.0 Å². The van der Waals surface area contributed by atoms with E-state index in [1.54, 1.807) is 22.6 Å². The summed E-state index contributed by atoms with van der Waals surface area (Å²) in [5.74, 6) is -0.523. The number of carboxylic acid groups (broad SMARTS) is 1. The molecule has 0 aliphatic carbocycles. The first-order chi connectivity index (χ1) is 28.6. The van der Waals surface area contributed by atoms with Crippen LogP contribution in [0, 0.1) is 34.6 Å². The monoisotopic (exact) mass is 853 g/mol. The Morgan fingerprint density at radius 2 is 1.67 bits per heavy atom. The van der Waals surface area contributed by atoms with E-state index in [0.29, 0.717) is 70.1 Å². The van der Waals surface area contributed by atoms with Gasteiger partial charge in [0, 0.05) is 64.6 Å². The van der Waals surface area contributed by atoms with E-state index in [-0.39, 0.29) is 43.9 Å². The first-order valence-corrected chi connectivity index (χ1v) is 20.6. The Balaban J connectivity index is 1.39. The largest absolute Gasteiger partial charge is 0.494 e. The number of carbonyl (C=O) groups excluding carboxylic acids is 2. The highest BCUT2D eigenvalue weighted by atomic mass is 35.5. The smallest absolute Gasteiger partial charge is 0.352 e. The van der Waals surface area contributed by atoms with Crippen LogP contribution in [-0.2, 0) is 29.0 Å². The summed E-state index contributed by atoms with van der Waals surface area (Å²) >= 11 is 13.6. The van der Waals surface area contributed by atoms with Crippen LogP contribution in [0.5, 0.6) is 5.75 Å². The van der Waals surface area contributed by atoms with Crippen molar-refractivity contribution in [3.8, 4) is 16.9 Å². The summed E-state index contributed by atoms with van der Waals surface area (Å²) in [6, 6.07) is 13.0. The molecule has 13 nitrogen and oxygen atoms in total. The number of halogens is 2. The van der Waals surface area contributed by atoms with Crippen molar-refractivity contribution < 1.29 is 29.0 Å². The summed E-state index contributed by atoms with van der Waals surface area (Å²) in [4.78, 5) is 50.7. The van der Waals surface area contributed by atoms with Gasteiger partial charge in [-0.1, -0.05) is 29.3 Å². The van der Waals surface area contributed by atoms with Crippen molar-refractivity contribution in [3.63, 3.8) is 0 Å². The van der Waals surface area contributed by atoms with Gasteiger partial charge >= 0.3 is 5.97 Å². The molecule has 314 valence electrons. The van der Waals surface area contributed by atoms with Crippen LogP contribution < -0.4 is 20.7 Å². The molecule has 60 heavy (non-hydrogen) atoms. The molecule has 0 saturated carbocycles. The number of rotatable bonds is 15. The van der Waals surface area contributed by atoms with E-state index >= 15 is 4.79 Å². The molecule has 6 aromatic rings. The van der Waals surface area contributed by atoms with E-state index in [9.17, 15) is 14.7 Å². The van der Waals surface area contributed by atoms with Crippen molar-refractivity contribution in [2.75, 3.05) is 38.3 Å². The zero-order valence-corrected chi connectivity index (χ0v) is 36.3. The number of ether oxygens (including phenoxy) is 2. The Morgan fingerprint density at radius 3 is 2.32 bits per heavy atom. The lowest BCUT2D eigenvalue weighted by Gasteiger charge is -2.35. The fourth-order valence-corrected chi connectivity index (χ4v) is 9.02. The first-order valence-electron chi connectivity index (χ1n) is 19.9. The van der Waals surface area contributed by atoms with Crippen molar-refractivity contribution in [3.05, 3.63) is 103 Å². The average molecular weight is 855 g/mol. The number of carboxylic acids is 1. The summed E-state index contributed by atoms with van der Waals surface area (Å²) in [7, 11) is 1.57. The summed E-state index contributed by atoms with van der Waals surface area (Å²) in [5, 5.41) is 16.0. The molecule has 7 rings (SSSR count). The van der Waals surface area contributed by atoms with Gasteiger partial charge in [0.05, 0.1) is 48.0 Å². The summed E-state index contributed by atoms with van der Waals surface area (Å²) in [6.45, 7) is 13.2. The van der Waals surface area contributed by atoms with Crippen molar-refractivity contribution in [2.45, 2.75) is 73.5 Å². The Labute approximate surface area is 358 Å². The van der Waals surface area contributed by atoms with E-state index in [1.165, 1.54) is 0 Å². The third kappa shape index (κ3) is 7.94. The molecule has 1 aliphatic rings. The zero-order valence-electron chi connectivity index (χ0n) is 34.8. The van der Waals surface area contributed by atoms with Crippen molar-refractivity contribution >= 4 is 68.5 Å². The number of hydrogen-bond acceptors (Lipinski definition) is 8. The minimum Gasteiger partial charge on any atom is -0.494 e. The van der Waals surface area contributed by atoms with Gasteiger partial charge in [0.1, 0.15) is 23.0 Å². The van der Waals surface area contributed by atoms with Crippen molar-refractivity contribution in [2.24, 2.45) is 5.73 Å². The maximum Gasteiger partial charge on any atom is 0.352 e. The number of benzene rings is 3. The molecule has 1 aliphatic heterocycles. The molecule has 0 bridgehead atoms. The number of anilines is 1. The molecular formula is C45H49Cl2N7O6. The van der Waals surface area contributed by atoms with Gasteiger partial charge < -0.3 is 39.7 Å². The Kier molecular flexibility index (Phi) is 12.3. The first kappa shape index (κ1) is 42.6. The summed E-state index contributed by atoms with van der Waals surface area (Å²) in [5.41, 5.74) is 14.5. The van der Waals surface area contributed by atoms with Crippen LogP contribution in [0.2, 0.25) is 10.0 Å². The number of nitrogens with one attached hydrogen (secondary N) is 1. The molecule has 1 atom stereocenters. The van der Waals surface area contributed by atoms with Gasteiger partial charge in [0.2, 0.25) is 5.91 Å². The fraction of sp³-hybridized carbons (Fsp3) is 0.356. The van der Waals surface area contributed by atoms with E-state index in [4.69, 9.17) is 48.4 Å². The Morgan fingerprint density at radius 1 is 0.967 bits per heavy atom. The molecule has 3 aromatic heterocycles. The minimum atomic E-state index is -1.06. The molecule has 3 aromatic carbocycles. The number of nitrogens with two attached hydrogens (primary N) is 1. The van der Waals surface area contributed by atoms with E-state index < -0.39 is 11.9 Å². The quantitative estimate of drug-likeness (QED) is 0.0867. The molecule has 0 fully saturated rings. The second-order valence-corrected chi connectivity index (χ2v) is 16.3. The van der Waals surface area contributed by atoms with Crippen LogP contribution >= 0.6 is 23.2 Å². The third-order valence-electron chi connectivity index (χ3n) is 11.1. The molecule has 0 saturated heterocycles. The Hall–Kier alpha value is -5.47. The number of aryl methyl sites for hydroxylation is 6. The van der Waals surface area contributed by atoms with Crippen LogP contribution in [-0.4, -0.2) is 75.4 Å². The standard InChI is InChI=1S/C45H49Cl2N7O6/c1-23-15-29-19-35(45(57)58)52(12-14-59-7)41(29)34(16-23)53-22-26(4)54-42-32(31(43(54)44(53)56)9-8-13-60-30-17-24(2)40(47)25(3)18-30)10-11-33(46)39(42)38-27(5)50-37(51-28(38)6)21-49-20-36(48)55/h10-11,15-19,26,49H,8-9,12-14,20-22H2,1-7H3,(H2,48,55)(H,57,58)/t26-/m1/s1. The van der Waals surface area contributed by atoms with Gasteiger partial charge in [-0.15, -0.1) is 0 Å². The average Bonchev–Trinajstić information content (AvgIpc) is 3.72. The van der Waals surface area contributed by atoms with Crippen LogP contribution in [0.4, 0.5) is 5.69 Å². The zero-order chi connectivity index (χ0) is 43.2. The maximum absolute atomic E-state index is 15.4. The number of hydrogen-bond donors (Lipinski definition) is 3. The van der Waals surface area contributed by atoms with Crippen molar-refractivity contribution in [1.29, 1.82) is 0 Å². The van der Waals surface area contributed by atoms with Crippen molar-refractivity contribution in [1.82, 2.24) is 24.4 Å². The van der Waals surface area contributed by atoms with Gasteiger partial charge in [-0.05, 0) is 113 Å².